The van der Waals surface area contributed by atoms with E-state index in [2.05, 4.69) is 5.32 Å². The van der Waals surface area contributed by atoms with Gasteiger partial charge in [0.2, 0.25) is 17.7 Å². The molecule has 3 aliphatic heterocycles. The van der Waals surface area contributed by atoms with E-state index in [0.29, 0.717) is 45.6 Å². The quantitative estimate of drug-likeness (QED) is 0.883. The predicted octanol–water partition coefficient (Wildman–Crippen LogP) is 0.774. The Balaban J connectivity index is 1.37. The van der Waals surface area contributed by atoms with E-state index in [9.17, 15) is 14.4 Å². The van der Waals surface area contributed by atoms with Gasteiger partial charge < -0.3 is 15.1 Å². The van der Waals surface area contributed by atoms with Crippen LogP contribution in [0.3, 0.4) is 0 Å². The molecule has 132 valence electrons. The Bertz CT molecular complexity index is 705. The first-order chi connectivity index (χ1) is 12.0. The smallest absolute Gasteiger partial charge is 0.228 e. The standard InChI is InChI=1S/C19H23N3O3/c23-16-9-19(12-20-16)6-7-21(13-19)18(25)15-8-17(24)22(11-15)10-14-4-2-1-3-5-14/h1-5,15H,6-13H2,(H,20,23). The van der Waals surface area contributed by atoms with Crippen LogP contribution >= 0.6 is 0 Å². The lowest BCUT2D eigenvalue weighted by Gasteiger charge is -2.24. The Hall–Kier alpha value is -2.37. The van der Waals surface area contributed by atoms with Crippen molar-refractivity contribution in [2.75, 3.05) is 26.2 Å². The minimum atomic E-state index is -0.253. The van der Waals surface area contributed by atoms with Gasteiger partial charge in [0.15, 0.2) is 0 Å². The minimum absolute atomic E-state index is 0.0498. The van der Waals surface area contributed by atoms with Crippen LogP contribution in [0.1, 0.15) is 24.8 Å². The maximum atomic E-state index is 12.9. The molecule has 3 aliphatic rings. The summed E-state index contributed by atoms with van der Waals surface area (Å²) in [6, 6.07) is 9.86. The molecule has 3 saturated heterocycles. The maximum Gasteiger partial charge on any atom is 0.228 e. The summed E-state index contributed by atoms with van der Waals surface area (Å²) in [6.07, 6.45) is 1.68. The van der Waals surface area contributed by atoms with Crippen molar-refractivity contribution < 1.29 is 14.4 Å². The molecule has 6 nitrogen and oxygen atoms in total. The second kappa shape index (κ2) is 6.17. The number of hydrogen-bond donors (Lipinski definition) is 1. The number of nitrogens with one attached hydrogen (secondary N) is 1. The molecule has 2 unspecified atom stereocenters. The monoisotopic (exact) mass is 341 g/mol. The minimum Gasteiger partial charge on any atom is -0.355 e. The van der Waals surface area contributed by atoms with Gasteiger partial charge in [-0.1, -0.05) is 30.3 Å². The maximum absolute atomic E-state index is 12.9. The lowest BCUT2D eigenvalue weighted by Crippen LogP contribution is -2.38. The number of benzene rings is 1. The van der Waals surface area contributed by atoms with E-state index in [-0.39, 0.29) is 29.1 Å². The number of likely N-dealkylation sites (tertiary alicyclic amines) is 2. The highest BCUT2D eigenvalue weighted by atomic mass is 16.2. The summed E-state index contributed by atoms with van der Waals surface area (Å²) in [5, 5.41) is 2.88. The molecule has 25 heavy (non-hydrogen) atoms. The van der Waals surface area contributed by atoms with Crippen molar-refractivity contribution in [3.05, 3.63) is 35.9 Å². The molecule has 6 heteroatoms. The van der Waals surface area contributed by atoms with Gasteiger partial charge in [-0.2, -0.15) is 0 Å². The first-order valence-electron chi connectivity index (χ1n) is 8.92. The zero-order chi connectivity index (χ0) is 17.4. The van der Waals surface area contributed by atoms with E-state index in [1.807, 2.05) is 35.2 Å². The first-order valence-corrected chi connectivity index (χ1v) is 8.92. The molecule has 1 aromatic rings. The van der Waals surface area contributed by atoms with E-state index in [1.165, 1.54) is 0 Å². The van der Waals surface area contributed by atoms with E-state index in [4.69, 9.17) is 0 Å². The molecule has 3 fully saturated rings. The van der Waals surface area contributed by atoms with Crippen molar-refractivity contribution in [1.29, 1.82) is 0 Å². The van der Waals surface area contributed by atoms with Crippen LogP contribution in [0, 0.1) is 11.3 Å². The zero-order valence-electron chi connectivity index (χ0n) is 14.2. The van der Waals surface area contributed by atoms with Gasteiger partial charge in [-0.05, 0) is 12.0 Å². The second-order valence-corrected chi connectivity index (χ2v) is 7.62. The zero-order valence-corrected chi connectivity index (χ0v) is 14.2. The normalized spacial score (nSPS) is 28.9. The van der Waals surface area contributed by atoms with Gasteiger partial charge >= 0.3 is 0 Å². The largest absolute Gasteiger partial charge is 0.355 e. The van der Waals surface area contributed by atoms with Gasteiger partial charge in [-0.3, -0.25) is 14.4 Å². The van der Waals surface area contributed by atoms with E-state index >= 15 is 0 Å². The summed E-state index contributed by atoms with van der Waals surface area (Å²) in [5.74, 6) is -0.0511. The van der Waals surface area contributed by atoms with Crippen molar-refractivity contribution >= 4 is 17.7 Å². The van der Waals surface area contributed by atoms with Gasteiger partial charge in [-0.25, -0.2) is 0 Å². The predicted molar refractivity (Wildman–Crippen MR) is 91.2 cm³/mol. The lowest BCUT2D eigenvalue weighted by molar-refractivity contribution is -0.135. The number of amides is 3. The molecule has 0 bridgehead atoms. The molecule has 2 atom stereocenters. The van der Waals surface area contributed by atoms with Crippen LogP contribution in [0.15, 0.2) is 30.3 Å². The van der Waals surface area contributed by atoms with Gasteiger partial charge in [-0.15, -0.1) is 0 Å². The fourth-order valence-corrected chi connectivity index (χ4v) is 4.32. The summed E-state index contributed by atoms with van der Waals surface area (Å²) in [5.41, 5.74) is 0.999. The molecule has 0 aliphatic carbocycles. The molecular formula is C19H23N3O3. The lowest BCUT2D eigenvalue weighted by atomic mass is 9.86. The Kier molecular flexibility index (Phi) is 3.98. The topological polar surface area (TPSA) is 69.7 Å². The van der Waals surface area contributed by atoms with Gasteiger partial charge in [0.05, 0.1) is 5.92 Å². The van der Waals surface area contributed by atoms with Crippen LogP contribution in [0.4, 0.5) is 0 Å². The summed E-state index contributed by atoms with van der Waals surface area (Å²) in [4.78, 5) is 40.3. The molecule has 0 aromatic heterocycles. The fraction of sp³-hybridized carbons (Fsp3) is 0.526. The third kappa shape index (κ3) is 3.13. The van der Waals surface area contributed by atoms with Gasteiger partial charge in [0, 0.05) is 51.0 Å². The Morgan fingerprint density at radius 1 is 1.24 bits per heavy atom. The van der Waals surface area contributed by atoms with E-state index in [0.717, 1.165) is 12.0 Å². The Labute approximate surface area is 147 Å². The summed E-state index contributed by atoms with van der Waals surface area (Å²) < 4.78 is 0. The van der Waals surface area contributed by atoms with Gasteiger partial charge in [0.25, 0.3) is 0 Å². The molecule has 3 amide bonds. The molecule has 1 aromatic carbocycles. The fourth-order valence-electron chi connectivity index (χ4n) is 4.32. The highest BCUT2D eigenvalue weighted by Gasteiger charge is 2.47. The highest BCUT2D eigenvalue weighted by Crippen LogP contribution is 2.37. The van der Waals surface area contributed by atoms with Crippen LogP contribution in [0.25, 0.3) is 0 Å². The van der Waals surface area contributed by atoms with Crippen molar-refractivity contribution in [3.8, 4) is 0 Å². The molecular weight excluding hydrogens is 318 g/mol. The average molecular weight is 341 g/mol. The molecule has 1 spiro atoms. The Morgan fingerprint density at radius 2 is 2.04 bits per heavy atom. The number of rotatable bonds is 3. The van der Waals surface area contributed by atoms with E-state index in [1.54, 1.807) is 4.90 Å². The summed E-state index contributed by atoms with van der Waals surface area (Å²) in [6.45, 7) is 3.05. The molecule has 0 saturated carbocycles. The van der Waals surface area contributed by atoms with Crippen molar-refractivity contribution in [2.24, 2.45) is 11.3 Å². The second-order valence-electron chi connectivity index (χ2n) is 7.62. The van der Waals surface area contributed by atoms with E-state index < -0.39 is 0 Å². The van der Waals surface area contributed by atoms with Crippen molar-refractivity contribution in [2.45, 2.75) is 25.8 Å². The molecule has 4 rings (SSSR count). The first kappa shape index (κ1) is 16.1. The van der Waals surface area contributed by atoms with Crippen molar-refractivity contribution in [3.63, 3.8) is 0 Å². The number of carbonyl (C=O) groups excluding carboxylic acids is 3. The van der Waals surface area contributed by atoms with Crippen molar-refractivity contribution in [1.82, 2.24) is 15.1 Å². The van der Waals surface area contributed by atoms with Gasteiger partial charge in [0.1, 0.15) is 0 Å². The SMILES string of the molecule is O=C1CC2(CCN(C(=O)C3CC(=O)N(Cc4ccccc4)C3)C2)CN1. The third-order valence-corrected chi connectivity index (χ3v) is 5.73. The van der Waals surface area contributed by atoms with Crippen LogP contribution in [-0.2, 0) is 20.9 Å². The summed E-state index contributed by atoms with van der Waals surface area (Å²) >= 11 is 0. The number of carbonyl (C=O) groups is 3. The molecule has 3 heterocycles. The number of nitrogens with zero attached hydrogens (tertiary/aromatic N) is 2. The van der Waals surface area contributed by atoms with Crippen LogP contribution in [0.2, 0.25) is 0 Å². The highest BCUT2D eigenvalue weighted by molar-refractivity contribution is 5.89. The summed E-state index contributed by atoms with van der Waals surface area (Å²) in [7, 11) is 0. The van der Waals surface area contributed by atoms with Crippen LogP contribution in [-0.4, -0.2) is 53.7 Å². The average Bonchev–Trinajstić information content (AvgIpc) is 3.29. The third-order valence-electron chi connectivity index (χ3n) is 5.73. The van der Waals surface area contributed by atoms with Crippen LogP contribution < -0.4 is 5.32 Å². The molecule has 0 radical (unpaired) electrons. The number of hydrogen-bond acceptors (Lipinski definition) is 3. The van der Waals surface area contributed by atoms with Crippen LogP contribution in [0.5, 0.6) is 0 Å². The Morgan fingerprint density at radius 3 is 2.76 bits per heavy atom. The molecule has 1 N–H and O–H groups in total.